The summed E-state index contributed by atoms with van der Waals surface area (Å²) in [5.41, 5.74) is 0. The molecule has 1 aliphatic heterocycles. The van der Waals surface area contributed by atoms with E-state index in [1.54, 1.807) is 0 Å². The van der Waals surface area contributed by atoms with Crippen LogP contribution in [0.4, 0.5) is 11.8 Å². The molecule has 0 amide bonds. The quantitative estimate of drug-likeness (QED) is 0.890. The second-order valence-electron chi connectivity index (χ2n) is 6.00. The highest BCUT2D eigenvalue weighted by Crippen LogP contribution is 2.18. The minimum absolute atomic E-state index is 0.434. The lowest BCUT2D eigenvalue weighted by atomic mass is 10.0. The van der Waals surface area contributed by atoms with Gasteiger partial charge >= 0.3 is 0 Å². The Labute approximate surface area is 122 Å². The molecule has 1 unspecified atom stereocenters. The lowest BCUT2D eigenvalue weighted by Crippen LogP contribution is -2.46. The minimum atomic E-state index is 0.434. The maximum atomic E-state index is 4.67. The molecular weight excluding hydrogens is 250 g/mol. The van der Waals surface area contributed by atoms with Crippen LogP contribution in [0.2, 0.25) is 0 Å². The van der Waals surface area contributed by atoms with Crippen LogP contribution < -0.4 is 15.1 Å². The third-order valence-electron chi connectivity index (χ3n) is 3.78. The first kappa shape index (κ1) is 15.0. The Bertz CT molecular complexity index is 412. The number of hydrogen-bond donors (Lipinski definition) is 1. The summed E-state index contributed by atoms with van der Waals surface area (Å²) in [5, 5.41) is 3.62. The molecule has 112 valence electrons. The van der Waals surface area contributed by atoms with Gasteiger partial charge in [-0.25, -0.2) is 4.98 Å². The molecule has 0 aliphatic carbocycles. The summed E-state index contributed by atoms with van der Waals surface area (Å²) in [6.07, 6.45) is 5.74. The number of anilines is 2. The standard InChI is InChI=1S/C15H27N5/c1-12(2)20(11-13-7-5-6-9-16-13)14-8-10-17-15(18-14)19(3)4/h8,10,12-13,16H,5-7,9,11H2,1-4H3. The smallest absolute Gasteiger partial charge is 0.226 e. The fourth-order valence-corrected chi connectivity index (χ4v) is 2.60. The van der Waals surface area contributed by atoms with E-state index in [4.69, 9.17) is 0 Å². The number of piperidine rings is 1. The lowest BCUT2D eigenvalue weighted by molar-refractivity contribution is 0.392. The van der Waals surface area contributed by atoms with Gasteiger partial charge in [0.2, 0.25) is 5.95 Å². The fourth-order valence-electron chi connectivity index (χ4n) is 2.60. The van der Waals surface area contributed by atoms with Gasteiger partial charge in [-0.2, -0.15) is 4.98 Å². The van der Waals surface area contributed by atoms with E-state index in [-0.39, 0.29) is 0 Å². The number of hydrogen-bond acceptors (Lipinski definition) is 5. The molecule has 1 atom stereocenters. The first-order valence-corrected chi connectivity index (χ1v) is 7.58. The third-order valence-corrected chi connectivity index (χ3v) is 3.78. The van der Waals surface area contributed by atoms with Crippen molar-refractivity contribution in [3.8, 4) is 0 Å². The van der Waals surface area contributed by atoms with Gasteiger partial charge in [-0.1, -0.05) is 6.42 Å². The Hall–Kier alpha value is -1.36. The van der Waals surface area contributed by atoms with Gasteiger partial charge < -0.3 is 15.1 Å². The van der Waals surface area contributed by atoms with Gasteiger partial charge in [0.15, 0.2) is 0 Å². The van der Waals surface area contributed by atoms with E-state index >= 15 is 0 Å². The highest BCUT2D eigenvalue weighted by molar-refractivity contribution is 5.44. The van der Waals surface area contributed by atoms with Gasteiger partial charge in [-0.3, -0.25) is 0 Å². The van der Waals surface area contributed by atoms with E-state index in [9.17, 15) is 0 Å². The summed E-state index contributed by atoms with van der Waals surface area (Å²) in [7, 11) is 3.95. The van der Waals surface area contributed by atoms with Crippen molar-refractivity contribution in [3.05, 3.63) is 12.3 Å². The first-order valence-electron chi connectivity index (χ1n) is 7.58. The average molecular weight is 277 g/mol. The van der Waals surface area contributed by atoms with Gasteiger partial charge in [0.25, 0.3) is 0 Å². The molecule has 1 aliphatic rings. The van der Waals surface area contributed by atoms with E-state index in [0.717, 1.165) is 24.9 Å². The number of nitrogens with zero attached hydrogens (tertiary/aromatic N) is 4. The molecule has 1 N–H and O–H groups in total. The van der Waals surface area contributed by atoms with Crippen LogP contribution in [0.5, 0.6) is 0 Å². The molecule has 0 aromatic carbocycles. The molecule has 20 heavy (non-hydrogen) atoms. The fraction of sp³-hybridized carbons (Fsp3) is 0.733. The van der Waals surface area contributed by atoms with Crippen molar-refractivity contribution in [2.24, 2.45) is 0 Å². The van der Waals surface area contributed by atoms with Crippen molar-refractivity contribution < 1.29 is 0 Å². The van der Waals surface area contributed by atoms with E-state index in [1.165, 1.54) is 19.3 Å². The molecule has 1 aromatic heterocycles. The second-order valence-corrected chi connectivity index (χ2v) is 6.00. The molecule has 5 heteroatoms. The van der Waals surface area contributed by atoms with Gasteiger partial charge in [0, 0.05) is 38.9 Å². The van der Waals surface area contributed by atoms with Crippen molar-refractivity contribution in [2.45, 2.75) is 45.2 Å². The average Bonchev–Trinajstić information content (AvgIpc) is 2.45. The third kappa shape index (κ3) is 3.82. The predicted molar refractivity (Wildman–Crippen MR) is 84.5 cm³/mol. The van der Waals surface area contributed by atoms with Crippen LogP contribution in [0.3, 0.4) is 0 Å². The highest BCUT2D eigenvalue weighted by atomic mass is 15.3. The van der Waals surface area contributed by atoms with Crippen LogP contribution in [-0.2, 0) is 0 Å². The maximum absolute atomic E-state index is 4.67. The predicted octanol–water partition coefficient (Wildman–Crippen LogP) is 1.90. The van der Waals surface area contributed by atoms with Gasteiger partial charge in [-0.05, 0) is 39.3 Å². The Morgan fingerprint density at radius 1 is 1.35 bits per heavy atom. The Kier molecular flexibility index (Phi) is 5.17. The van der Waals surface area contributed by atoms with Gasteiger partial charge in [0.1, 0.15) is 5.82 Å². The van der Waals surface area contributed by atoms with Crippen LogP contribution in [0, 0.1) is 0 Å². The SMILES string of the molecule is CC(C)N(CC1CCCCN1)c1ccnc(N(C)C)n1. The number of nitrogens with one attached hydrogen (secondary N) is 1. The summed E-state index contributed by atoms with van der Waals surface area (Å²) in [4.78, 5) is 13.3. The van der Waals surface area contributed by atoms with E-state index in [1.807, 2.05) is 31.3 Å². The van der Waals surface area contributed by atoms with Crippen molar-refractivity contribution in [1.82, 2.24) is 15.3 Å². The van der Waals surface area contributed by atoms with Crippen LogP contribution >= 0.6 is 0 Å². The zero-order valence-corrected chi connectivity index (χ0v) is 13.1. The monoisotopic (exact) mass is 277 g/mol. The molecule has 0 radical (unpaired) electrons. The summed E-state index contributed by atoms with van der Waals surface area (Å²) in [5.74, 6) is 1.79. The summed E-state index contributed by atoms with van der Waals surface area (Å²) < 4.78 is 0. The van der Waals surface area contributed by atoms with Crippen molar-refractivity contribution in [2.75, 3.05) is 37.0 Å². The minimum Gasteiger partial charge on any atom is -0.352 e. The molecular formula is C15H27N5. The summed E-state index contributed by atoms with van der Waals surface area (Å²) >= 11 is 0. The molecule has 2 heterocycles. The van der Waals surface area contributed by atoms with E-state index < -0.39 is 0 Å². The zero-order valence-electron chi connectivity index (χ0n) is 13.1. The Balaban J connectivity index is 2.13. The second kappa shape index (κ2) is 6.88. The molecule has 0 bridgehead atoms. The molecule has 5 nitrogen and oxygen atoms in total. The summed E-state index contributed by atoms with van der Waals surface area (Å²) in [6.45, 7) is 6.60. The van der Waals surface area contributed by atoms with Crippen molar-refractivity contribution >= 4 is 11.8 Å². The molecule has 1 aromatic rings. The molecule has 1 fully saturated rings. The van der Waals surface area contributed by atoms with Crippen molar-refractivity contribution in [1.29, 1.82) is 0 Å². The number of aromatic nitrogens is 2. The Morgan fingerprint density at radius 3 is 2.75 bits per heavy atom. The first-order chi connectivity index (χ1) is 9.58. The molecule has 0 spiro atoms. The van der Waals surface area contributed by atoms with Crippen LogP contribution in [0.25, 0.3) is 0 Å². The highest BCUT2D eigenvalue weighted by Gasteiger charge is 2.20. The Morgan fingerprint density at radius 2 is 2.15 bits per heavy atom. The molecule has 1 saturated heterocycles. The van der Waals surface area contributed by atoms with Gasteiger partial charge in [0.05, 0.1) is 0 Å². The zero-order chi connectivity index (χ0) is 14.5. The molecule has 0 saturated carbocycles. The maximum Gasteiger partial charge on any atom is 0.226 e. The van der Waals surface area contributed by atoms with Crippen molar-refractivity contribution in [3.63, 3.8) is 0 Å². The van der Waals surface area contributed by atoms with Crippen LogP contribution in [0.15, 0.2) is 12.3 Å². The largest absolute Gasteiger partial charge is 0.352 e. The van der Waals surface area contributed by atoms with Gasteiger partial charge in [-0.15, -0.1) is 0 Å². The van der Waals surface area contributed by atoms with E-state index in [0.29, 0.717) is 12.1 Å². The van der Waals surface area contributed by atoms with E-state index in [2.05, 4.69) is 34.0 Å². The topological polar surface area (TPSA) is 44.3 Å². The van der Waals surface area contributed by atoms with Crippen LogP contribution in [0.1, 0.15) is 33.1 Å². The molecule has 2 rings (SSSR count). The lowest BCUT2D eigenvalue weighted by Gasteiger charge is -2.34. The van der Waals surface area contributed by atoms with Crippen LogP contribution in [-0.4, -0.2) is 49.2 Å². The number of rotatable bonds is 5. The summed E-state index contributed by atoms with van der Waals surface area (Å²) in [6, 6.07) is 3.02. The normalized spacial score (nSPS) is 19.1.